The van der Waals surface area contributed by atoms with E-state index in [-0.39, 0.29) is 0 Å². The smallest absolute Gasteiger partial charge is 0.0464 e. The first-order valence-electron chi connectivity index (χ1n) is 8.99. The maximum atomic E-state index is 6.33. The van der Waals surface area contributed by atoms with Crippen LogP contribution >= 0.6 is 11.6 Å². The van der Waals surface area contributed by atoms with Gasteiger partial charge in [0.2, 0.25) is 0 Å². The Bertz CT molecular complexity index is 939. The molecule has 0 aromatic heterocycles. The van der Waals surface area contributed by atoms with Gasteiger partial charge >= 0.3 is 0 Å². The fourth-order valence-corrected chi connectivity index (χ4v) is 3.51. The minimum absolute atomic E-state index is 0.857. The first-order chi connectivity index (χ1) is 12.3. The van der Waals surface area contributed by atoms with E-state index in [1.807, 2.05) is 0 Å². The van der Waals surface area contributed by atoms with Crippen LogP contribution in [0.1, 0.15) is 33.4 Å². The van der Waals surface area contributed by atoms with E-state index in [1.165, 1.54) is 39.1 Å². The minimum atomic E-state index is 0.857. The molecule has 3 aromatic rings. The van der Waals surface area contributed by atoms with Crippen LogP contribution in [0.5, 0.6) is 0 Å². The molecule has 0 amide bonds. The Balaban J connectivity index is 1.99. The number of hydrogen-bond donors (Lipinski definition) is 1. The topological polar surface area (TPSA) is 12.0 Å². The maximum absolute atomic E-state index is 6.33. The van der Waals surface area contributed by atoms with Crippen LogP contribution in [0.4, 0.5) is 11.4 Å². The van der Waals surface area contributed by atoms with E-state index in [0.29, 0.717) is 0 Å². The summed E-state index contributed by atoms with van der Waals surface area (Å²) in [6.45, 7) is 12.7. The number of benzene rings is 3. The Morgan fingerprint density at radius 1 is 0.577 bits per heavy atom. The summed E-state index contributed by atoms with van der Waals surface area (Å²) in [5.41, 5.74) is 12.1. The molecule has 0 bridgehead atoms. The van der Waals surface area contributed by atoms with Crippen molar-refractivity contribution < 1.29 is 0 Å². The zero-order chi connectivity index (χ0) is 19.0. The van der Waals surface area contributed by atoms with E-state index in [4.69, 9.17) is 11.6 Å². The number of aryl methyl sites for hydroxylation is 6. The lowest BCUT2D eigenvalue weighted by Gasteiger charge is -2.17. The summed E-state index contributed by atoms with van der Waals surface area (Å²) in [6.07, 6.45) is 0. The van der Waals surface area contributed by atoms with Crippen molar-refractivity contribution >= 4 is 23.0 Å². The molecule has 0 fully saturated rings. The molecule has 0 saturated carbocycles. The fraction of sp³-hybridized carbons (Fsp3) is 0.250. The van der Waals surface area contributed by atoms with Crippen molar-refractivity contribution in [3.8, 4) is 11.1 Å². The molecule has 0 radical (unpaired) electrons. The number of anilines is 2. The molecule has 0 heterocycles. The molecule has 2 heteroatoms. The molecule has 134 valence electrons. The summed E-state index contributed by atoms with van der Waals surface area (Å²) >= 11 is 6.33. The van der Waals surface area contributed by atoms with Crippen LogP contribution < -0.4 is 5.32 Å². The quantitative estimate of drug-likeness (QED) is 0.505. The first-order valence-corrected chi connectivity index (χ1v) is 9.36. The Hall–Kier alpha value is -2.25. The highest BCUT2D eigenvalue weighted by Gasteiger charge is 2.10. The Labute approximate surface area is 162 Å². The van der Waals surface area contributed by atoms with Gasteiger partial charge in [0.15, 0.2) is 0 Å². The minimum Gasteiger partial charge on any atom is -0.355 e. The van der Waals surface area contributed by atoms with Crippen molar-refractivity contribution in [2.45, 2.75) is 41.5 Å². The zero-order valence-electron chi connectivity index (χ0n) is 16.4. The van der Waals surface area contributed by atoms with E-state index < -0.39 is 0 Å². The SMILES string of the molecule is Cc1ccc(Nc2c(C)cc(-c3cc(C)c(Cl)c(C)c3)cc2C)cc1C. The van der Waals surface area contributed by atoms with Crippen LogP contribution in [0.15, 0.2) is 42.5 Å². The zero-order valence-corrected chi connectivity index (χ0v) is 17.2. The average molecular weight is 364 g/mol. The van der Waals surface area contributed by atoms with Gasteiger partial charge in [-0.3, -0.25) is 0 Å². The number of hydrogen-bond acceptors (Lipinski definition) is 1. The van der Waals surface area contributed by atoms with Gasteiger partial charge in [0.1, 0.15) is 0 Å². The van der Waals surface area contributed by atoms with Gasteiger partial charge in [-0.25, -0.2) is 0 Å². The van der Waals surface area contributed by atoms with E-state index >= 15 is 0 Å². The highest BCUT2D eigenvalue weighted by molar-refractivity contribution is 6.32. The molecular weight excluding hydrogens is 338 g/mol. The third-order valence-electron chi connectivity index (χ3n) is 5.08. The maximum Gasteiger partial charge on any atom is 0.0464 e. The lowest BCUT2D eigenvalue weighted by Crippen LogP contribution is -1.98. The lowest BCUT2D eigenvalue weighted by atomic mass is 9.96. The van der Waals surface area contributed by atoms with Crippen molar-refractivity contribution in [2.24, 2.45) is 0 Å². The molecule has 0 saturated heterocycles. The van der Waals surface area contributed by atoms with Crippen LogP contribution in [0.25, 0.3) is 11.1 Å². The molecule has 0 spiro atoms. The molecule has 0 aliphatic carbocycles. The summed E-state index contributed by atoms with van der Waals surface area (Å²) < 4.78 is 0. The Morgan fingerprint density at radius 3 is 1.58 bits per heavy atom. The predicted octanol–water partition coefficient (Wildman–Crippen LogP) is 7.60. The van der Waals surface area contributed by atoms with E-state index in [0.717, 1.165) is 21.8 Å². The van der Waals surface area contributed by atoms with Gasteiger partial charge < -0.3 is 5.32 Å². The number of halogens is 1. The molecule has 0 aliphatic heterocycles. The van der Waals surface area contributed by atoms with Gasteiger partial charge in [0, 0.05) is 16.4 Å². The third kappa shape index (κ3) is 3.64. The van der Waals surface area contributed by atoms with Crippen molar-refractivity contribution in [2.75, 3.05) is 5.32 Å². The molecule has 3 aromatic carbocycles. The second-order valence-corrected chi connectivity index (χ2v) is 7.71. The summed E-state index contributed by atoms with van der Waals surface area (Å²) in [7, 11) is 0. The Morgan fingerprint density at radius 2 is 1.08 bits per heavy atom. The summed E-state index contributed by atoms with van der Waals surface area (Å²) in [6, 6.07) is 15.3. The standard InChI is InChI=1S/C24H26ClN/c1-14-7-8-22(13-15(14)2)26-24-18(5)11-21(12-19(24)6)20-9-16(3)23(25)17(4)10-20/h7-13,26H,1-6H3. The molecule has 1 nitrogen and oxygen atoms in total. The molecule has 3 rings (SSSR count). The van der Waals surface area contributed by atoms with E-state index in [9.17, 15) is 0 Å². The molecule has 26 heavy (non-hydrogen) atoms. The van der Waals surface area contributed by atoms with Crippen molar-refractivity contribution in [3.05, 3.63) is 80.9 Å². The number of nitrogens with one attached hydrogen (secondary N) is 1. The van der Waals surface area contributed by atoms with Crippen LogP contribution in [0.3, 0.4) is 0 Å². The van der Waals surface area contributed by atoms with Crippen LogP contribution in [-0.2, 0) is 0 Å². The lowest BCUT2D eigenvalue weighted by molar-refractivity contribution is 1.31. The molecule has 0 unspecified atom stereocenters. The Kier molecular flexibility index (Phi) is 5.11. The third-order valence-corrected chi connectivity index (χ3v) is 5.67. The van der Waals surface area contributed by atoms with Gasteiger partial charge in [-0.15, -0.1) is 0 Å². The van der Waals surface area contributed by atoms with Gasteiger partial charge in [-0.1, -0.05) is 17.7 Å². The van der Waals surface area contributed by atoms with Crippen LogP contribution in [-0.4, -0.2) is 0 Å². The van der Waals surface area contributed by atoms with E-state index in [1.54, 1.807) is 0 Å². The fourth-order valence-electron chi connectivity index (χ4n) is 3.40. The van der Waals surface area contributed by atoms with Gasteiger partial charge in [-0.05, 0) is 122 Å². The highest BCUT2D eigenvalue weighted by Crippen LogP contribution is 2.33. The number of rotatable bonds is 3. The second kappa shape index (κ2) is 7.17. The van der Waals surface area contributed by atoms with Crippen LogP contribution in [0, 0.1) is 41.5 Å². The van der Waals surface area contributed by atoms with Crippen molar-refractivity contribution in [1.29, 1.82) is 0 Å². The van der Waals surface area contributed by atoms with Crippen LogP contribution in [0.2, 0.25) is 5.02 Å². The van der Waals surface area contributed by atoms with Gasteiger partial charge in [0.05, 0.1) is 0 Å². The average Bonchev–Trinajstić information content (AvgIpc) is 2.58. The van der Waals surface area contributed by atoms with Gasteiger partial charge in [-0.2, -0.15) is 0 Å². The normalized spacial score (nSPS) is 10.9. The van der Waals surface area contributed by atoms with E-state index in [2.05, 4.69) is 89.3 Å². The van der Waals surface area contributed by atoms with Crippen molar-refractivity contribution in [3.63, 3.8) is 0 Å². The summed E-state index contributed by atoms with van der Waals surface area (Å²) in [5, 5.41) is 4.45. The molecule has 0 atom stereocenters. The molecular formula is C24H26ClN. The van der Waals surface area contributed by atoms with Gasteiger partial charge in [0.25, 0.3) is 0 Å². The predicted molar refractivity (Wildman–Crippen MR) is 115 cm³/mol. The first kappa shape index (κ1) is 18.5. The van der Waals surface area contributed by atoms with Crippen molar-refractivity contribution in [1.82, 2.24) is 0 Å². The monoisotopic (exact) mass is 363 g/mol. The largest absolute Gasteiger partial charge is 0.355 e. The molecule has 0 aliphatic rings. The molecule has 1 N–H and O–H groups in total. The second-order valence-electron chi connectivity index (χ2n) is 7.33. The summed E-state index contributed by atoms with van der Waals surface area (Å²) in [4.78, 5) is 0. The highest BCUT2D eigenvalue weighted by atomic mass is 35.5. The summed E-state index contributed by atoms with van der Waals surface area (Å²) in [5.74, 6) is 0.